The summed E-state index contributed by atoms with van der Waals surface area (Å²) in [6.07, 6.45) is 2.38. The van der Waals surface area contributed by atoms with Gasteiger partial charge < -0.3 is 20.1 Å². The molecule has 1 aromatic rings. The first-order chi connectivity index (χ1) is 12.1. The average Bonchev–Trinajstić information content (AvgIpc) is 3.42. The van der Waals surface area contributed by atoms with Crippen LogP contribution in [-0.4, -0.2) is 38.9 Å². The van der Waals surface area contributed by atoms with E-state index in [-0.39, 0.29) is 11.9 Å². The monoisotopic (exact) mass is 351 g/mol. The Balaban J connectivity index is 1.92. The van der Waals surface area contributed by atoms with Gasteiger partial charge in [-0.15, -0.1) is 0 Å². The zero-order chi connectivity index (χ0) is 18.1. The molecule has 1 aliphatic carbocycles. The van der Waals surface area contributed by atoms with E-state index in [9.17, 15) is 4.39 Å². The van der Waals surface area contributed by atoms with E-state index in [4.69, 9.17) is 9.47 Å². The Kier molecular flexibility index (Phi) is 7.98. The van der Waals surface area contributed by atoms with Gasteiger partial charge in [-0.2, -0.15) is 0 Å². The van der Waals surface area contributed by atoms with Gasteiger partial charge in [0.25, 0.3) is 0 Å². The van der Waals surface area contributed by atoms with E-state index in [1.165, 1.54) is 18.9 Å². The summed E-state index contributed by atoms with van der Waals surface area (Å²) >= 11 is 0. The third-order valence-electron chi connectivity index (χ3n) is 4.03. The van der Waals surface area contributed by atoms with Gasteiger partial charge in [-0.3, -0.25) is 4.99 Å². The highest BCUT2D eigenvalue weighted by atomic mass is 19.1. The lowest BCUT2D eigenvalue weighted by molar-refractivity contribution is 0.155. The first kappa shape index (κ1) is 19.5. The predicted octanol–water partition coefficient (Wildman–Crippen LogP) is 3.27. The van der Waals surface area contributed by atoms with Gasteiger partial charge in [-0.25, -0.2) is 4.39 Å². The maximum Gasteiger partial charge on any atom is 0.191 e. The topological polar surface area (TPSA) is 54.9 Å². The normalized spacial score (nSPS) is 15.8. The zero-order valence-electron chi connectivity index (χ0n) is 15.5. The quantitative estimate of drug-likeness (QED) is 0.386. The fourth-order valence-electron chi connectivity index (χ4n) is 2.37. The smallest absolute Gasteiger partial charge is 0.191 e. The first-order valence-corrected chi connectivity index (χ1v) is 9.18. The van der Waals surface area contributed by atoms with Crippen molar-refractivity contribution >= 4 is 5.96 Å². The Hall–Kier alpha value is -1.82. The minimum atomic E-state index is -0.315. The highest BCUT2D eigenvalue weighted by molar-refractivity contribution is 5.80. The second kappa shape index (κ2) is 10.2. The molecular weight excluding hydrogens is 321 g/mol. The lowest BCUT2D eigenvalue weighted by atomic mass is 10.1. The molecule has 1 saturated carbocycles. The van der Waals surface area contributed by atoms with E-state index >= 15 is 0 Å². The molecule has 140 valence electrons. The van der Waals surface area contributed by atoms with Gasteiger partial charge >= 0.3 is 0 Å². The molecule has 2 N–H and O–H groups in total. The fourth-order valence-corrected chi connectivity index (χ4v) is 2.37. The molecule has 0 bridgehead atoms. The summed E-state index contributed by atoms with van der Waals surface area (Å²) in [4.78, 5) is 4.46. The van der Waals surface area contributed by atoms with Crippen LogP contribution in [0.2, 0.25) is 0 Å². The van der Waals surface area contributed by atoms with Gasteiger partial charge in [0, 0.05) is 13.2 Å². The van der Waals surface area contributed by atoms with Crippen LogP contribution in [0.3, 0.4) is 0 Å². The predicted molar refractivity (Wildman–Crippen MR) is 98.6 cm³/mol. The van der Waals surface area contributed by atoms with Gasteiger partial charge in [0.15, 0.2) is 17.5 Å². The van der Waals surface area contributed by atoms with Crippen molar-refractivity contribution in [2.45, 2.75) is 39.7 Å². The van der Waals surface area contributed by atoms with E-state index in [2.05, 4.69) is 15.6 Å². The molecule has 1 unspecified atom stereocenters. The van der Waals surface area contributed by atoms with E-state index in [1.54, 1.807) is 6.07 Å². The van der Waals surface area contributed by atoms with Crippen LogP contribution in [0, 0.1) is 11.7 Å². The molecule has 0 aliphatic heterocycles. The van der Waals surface area contributed by atoms with Crippen molar-refractivity contribution in [1.82, 2.24) is 10.6 Å². The maximum atomic E-state index is 14.2. The lowest BCUT2D eigenvalue weighted by Gasteiger charge is -2.19. The van der Waals surface area contributed by atoms with Crippen molar-refractivity contribution in [2.24, 2.45) is 10.9 Å². The number of aliphatic imine (C=N–C) groups is 1. The Labute approximate surface area is 150 Å². The minimum absolute atomic E-state index is 0.0723. The van der Waals surface area contributed by atoms with Crippen LogP contribution >= 0.6 is 0 Å². The number of hydrogen-bond donors (Lipinski definition) is 2. The summed E-state index contributed by atoms with van der Waals surface area (Å²) in [5.41, 5.74) is 0.853. The molecule has 0 aromatic heterocycles. The number of nitrogens with one attached hydrogen (secondary N) is 2. The molecule has 1 atom stereocenters. The second-order valence-electron chi connectivity index (χ2n) is 6.27. The van der Waals surface area contributed by atoms with Crippen molar-refractivity contribution in [2.75, 3.05) is 32.9 Å². The zero-order valence-corrected chi connectivity index (χ0v) is 15.5. The van der Waals surface area contributed by atoms with Gasteiger partial charge in [-0.05, 0) is 57.2 Å². The number of hydrogen-bond acceptors (Lipinski definition) is 3. The third kappa shape index (κ3) is 6.90. The SMILES string of the molecule is CCNC(=NCCOCC)NC(C)c1ccc(OCC2CC2)c(F)c1. The number of benzene rings is 1. The molecule has 1 aliphatic rings. The van der Waals surface area contributed by atoms with Crippen LogP contribution in [0.15, 0.2) is 23.2 Å². The molecular formula is C19H30FN3O2. The number of ether oxygens (including phenoxy) is 2. The van der Waals surface area contributed by atoms with Crippen molar-refractivity contribution in [3.05, 3.63) is 29.6 Å². The second-order valence-corrected chi connectivity index (χ2v) is 6.27. The fraction of sp³-hybridized carbons (Fsp3) is 0.632. The molecule has 0 spiro atoms. The minimum Gasteiger partial charge on any atom is -0.490 e. The van der Waals surface area contributed by atoms with Gasteiger partial charge in [-0.1, -0.05) is 6.07 Å². The van der Waals surface area contributed by atoms with E-state index in [1.807, 2.05) is 26.8 Å². The lowest BCUT2D eigenvalue weighted by Crippen LogP contribution is -2.39. The standard InChI is InChI=1S/C19H30FN3O2/c1-4-21-19(22-10-11-24-5-2)23-14(3)16-8-9-18(17(20)12-16)25-13-15-6-7-15/h8-9,12,14-15H,4-7,10-11,13H2,1-3H3,(H2,21,22,23). The summed E-state index contributed by atoms with van der Waals surface area (Å²) < 4.78 is 25.1. The van der Waals surface area contributed by atoms with Crippen molar-refractivity contribution < 1.29 is 13.9 Å². The van der Waals surface area contributed by atoms with Crippen molar-refractivity contribution in [3.63, 3.8) is 0 Å². The first-order valence-electron chi connectivity index (χ1n) is 9.18. The van der Waals surface area contributed by atoms with Crippen LogP contribution in [0.25, 0.3) is 0 Å². The molecule has 0 radical (unpaired) electrons. The van der Waals surface area contributed by atoms with Crippen LogP contribution in [0.4, 0.5) is 4.39 Å². The summed E-state index contributed by atoms with van der Waals surface area (Å²) in [6.45, 7) is 9.18. The largest absolute Gasteiger partial charge is 0.490 e. The van der Waals surface area contributed by atoms with Gasteiger partial charge in [0.05, 0.1) is 25.8 Å². The molecule has 25 heavy (non-hydrogen) atoms. The summed E-state index contributed by atoms with van der Waals surface area (Å²) in [7, 11) is 0. The van der Waals surface area contributed by atoms with Crippen molar-refractivity contribution in [3.8, 4) is 5.75 Å². The van der Waals surface area contributed by atoms with Crippen LogP contribution in [-0.2, 0) is 4.74 Å². The van der Waals surface area contributed by atoms with E-state index in [0.29, 0.717) is 44.0 Å². The number of nitrogens with zero attached hydrogens (tertiary/aromatic N) is 1. The van der Waals surface area contributed by atoms with Crippen LogP contribution in [0.1, 0.15) is 45.2 Å². The number of guanidine groups is 1. The highest BCUT2D eigenvalue weighted by Crippen LogP contribution is 2.30. The van der Waals surface area contributed by atoms with Crippen LogP contribution in [0.5, 0.6) is 5.75 Å². The Morgan fingerprint density at radius 3 is 2.80 bits per heavy atom. The molecule has 0 heterocycles. The van der Waals surface area contributed by atoms with E-state index < -0.39 is 0 Å². The Morgan fingerprint density at radius 1 is 1.36 bits per heavy atom. The van der Waals surface area contributed by atoms with E-state index in [0.717, 1.165) is 12.1 Å². The molecule has 6 heteroatoms. The molecule has 1 fully saturated rings. The van der Waals surface area contributed by atoms with Gasteiger partial charge in [0.1, 0.15) is 0 Å². The molecule has 1 aromatic carbocycles. The highest BCUT2D eigenvalue weighted by Gasteiger charge is 2.22. The summed E-state index contributed by atoms with van der Waals surface area (Å²) in [5.74, 6) is 1.32. The Bertz CT molecular complexity index is 562. The molecule has 2 rings (SSSR count). The molecule has 0 saturated heterocycles. The summed E-state index contributed by atoms with van der Waals surface area (Å²) in [6, 6.07) is 5.07. The van der Waals surface area contributed by atoms with Crippen molar-refractivity contribution in [1.29, 1.82) is 0 Å². The Morgan fingerprint density at radius 2 is 2.16 bits per heavy atom. The average molecular weight is 351 g/mol. The third-order valence-corrected chi connectivity index (χ3v) is 4.03. The summed E-state index contributed by atoms with van der Waals surface area (Å²) in [5, 5.41) is 6.48. The maximum absolute atomic E-state index is 14.2. The molecule has 0 amide bonds. The van der Waals surface area contributed by atoms with Crippen LogP contribution < -0.4 is 15.4 Å². The molecule has 5 nitrogen and oxygen atoms in total. The van der Waals surface area contributed by atoms with Gasteiger partial charge in [0.2, 0.25) is 0 Å². The number of halogens is 1. The number of rotatable bonds is 10.